The lowest BCUT2D eigenvalue weighted by Crippen LogP contribution is -2.48. The average Bonchev–Trinajstić information content (AvgIpc) is 2.46. The first kappa shape index (κ1) is 15.2. The van der Waals surface area contributed by atoms with Crippen LogP contribution in [0.15, 0.2) is 22.0 Å². The number of aromatic amines is 1. The van der Waals surface area contributed by atoms with Crippen molar-refractivity contribution in [2.45, 2.75) is 43.8 Å². The number of hydrogen-bond acceptors (Lipinski definition) is 5. The number of hydrogen-bond donors (Lipinski definition) is 2. The molecule has 1 aliphatic rings. The molecule has 0 aromatic carbocycles. The summed E-state index contributed by atoms with van der Waals surface area (Å²) in [6.45, 7) is 7.23. The van der Waals surface area contributed by atoms with E-state index < -0.39 is 33.9 Å². The fourth-order valence-electron chi connectivity index (χ4n) is 1.90. The molecule has 0 atom stereocenters. The van der Waals surface area contributed by atoms with E-state index in [1.54, 1.807) is 27.7 Å². The normalized spacial score (nSPS) is 21.1. The molecule has 1 saturated heterocycles. The van der Waals surface area contributed by atoms with Gasteiger partial charge < -0.3 is 14.3 Å². The lowest BCUT2D eigenvalue weighted by molar-refractivity contribution is 0.00578. The predicted octanol–water partition coefficient (Wildman–Crippen LogP) is -0.678. The van der Waals surface area contributed by atoms with Gasteiger partial charge in [0.15, 0.2) is 0 Å². The van der Waals surface area contributed by atoms with E-state index in [9.17, 15) is 13.2 Å². The van der Waals surface area contributed by atoms with Gasteiger partial charge in [0.1, 0.15) is 0 Å². The maximum absolute atomic E-state index is 12.0. The fraction of sp³-hybridized carbons (Fsp3) is 0.545. The van der Waals surface area contributed by atoms with Crippen molar-refractivity contribution in [3.05, 3.63) is 22.6 Å². The van der Waals surface area contributed by atoms with Gasteiger partial charge in [-0.2, -0.15) is 0 Å². The third kappa shape index (κ3) is 2.42. The van der Waals surface area contributed by atoms with Crippen molar-refractivity contribution in [3.8, 4) is 0 Å². The number of nitrogens with one attached hydrogen (secondary N) is 1. The van der Waals surface area contributed by atoms with Crippen LogP contribution in [0.4, 0.5) is 0 Å². The molecule has 7 nitrogen and oxygen atoms in total. The van der Waals surface area contributed by atoms with Crippen LogP contribution in [0.5, 0.6) is 0 Å². The van der Waals surface area contributed by atoms with Crippen molar-refractivity contribution in [2.24, 2.45) is 5.14 Å². The van der Waals surface area contributed by atoms with Crippen molar-refractivity contribution in [1.29, 1.82) is 0 Å². The van der Waals surface area contributed by atoms with Crippen LogP contribution in [0.2, 0.25) is 0 Å². The number of rotatable bonds is 2. The minimum absolute atomic E-state index is 0.131. The predicted molar refractivity (Wildman–Crippen MR) is 74.2 cm³/mol. The molecule has 0 unspecified atom stereocenters. The number of H-pyrrole nitrogens is 1. The summed E-state index contributed by atoms with van der Waals surface area (Å²) in [5.41, 5.74) is -2.10. The molecule has 9 heteroatoms. The van der Waals surface area contributed by atoms with Crippen LogP contribution < -0.4 is 16.2 Å². The molecule has 0 saturated carbocycles. The highest BCUT2D eigenvalue weighted by Gasteiger charge is 2.53. The zero-order chi connectivity index (χ0) is 15.3. The molecule has 20 heavy (non-hydrogen) atoms. The first-order valence-electron chi connectivity index (χ1n) is 6.06. The van der Waals surface area contributed by atoms with Gasteiger partial charge in [0.2, 0.25) is 15.6 Å². The van der Waals surface area contributed by atoms with Gasteiger partial charge in [-0.15, -0.1) is 0 Å². The Morgan fingerprint density at radius 2 is 1.70 bits per heavy atom. The van der Waals surface area contributed by atoms with Crippen LogP contribution in [0.3, 0.4) is 0 Å². The van der Waals surface area contributed by atoms with Crippen LogP contribution >= 0.6 is 0 Å². The van der Waals surface area contributed by atoms with Crippen molar-refractivity contribution in [2.75, 3.05) is 0 Å². The fourth-order valence-corrected chi connectivity index (χ4v) is 2.66. The molecule has 1 aliphatic heterocycles. The van der Waals surface area contributed by atoms with Crippen LogP contribution in [0.25, 0.3) is 0 Å². The Bertz CT molecular complexity index is 679. The molecule has 2 rings (SSSR count). The van der Waals surface area contributed by atoms with Gasteiger partial charge >= 0.3 is 7.12 Å². The summed E-state index contributed by atoms with van der Waals surface area (Å²) in [4.78, 5) is 14.1. The molecule has 0 aliphatic carbocycles. The van der Waals surface area contributed by atoms with Crippen molar-refractivity contribution >= 4 is 22.6 Å². The monoisotopic (exact) mass is 300 g/mol. The van der Waals surface area contributed by atoms with Crippen LogP contribution in [-0.2, 0) is 19.3 Å². The van der Waals surface area contributed by atoms with Crippen molar-refractivity contribution in [3.63, 3.8) is 0 Å². The highest BCUT2D eigenvalue weighted by molar-refractivity contribution is 7.89. The maximum Gasteiger partial charge on any atom is 0.501 e. The molecule has 2 heterocycles. The quantitative estimate of drug-likeness (QED) is 0.703. The summed E-state index contributed by atoms with van der Waals surface area (Å²) >= 11 is 0. The van der Waals surface area contributed by atoms with Gasteiger partial charge in [0.05, 0.1) is 21.6 Å². The topological polar surface area (TPSA) is 111 Å². The number of aromatic nitrogens is 1. The summed E-state index contributed by atoms with van der Waals surface area (Å²) in [6, 6.07) is 1.22. The molecule has 110 valence electrons. The van der Waals surface area contributed by atoms with Crippen LogP contribution in [0, 0.1) is 0 Å². The minimum atomic E-state index is -4.05. The van der Waals surface area contributed by atoms with Gasteiger partial charge in [0.25, 0.3) is 0 Å². The smallest absolute Gasteiger partial charge is 0.399 e. The third-order valence-corrected chi connectivity index (χ3v) is 4.72. The highest BCUT2D eigenvalue weighted by Crippen LogP contribution is 2.36. The molecule has 1 aromatic heterocycles. The highest BCUT2D eigenvalue weighted by atomic mass is 32.2. The summed E-state index contributed by atoms with van der Waals surface area (Å²) < 4.78 is 34.6. The Kier molecular flexibility index (Phi) is 3.37. The van der Waals surface area contributed by atoms with Crippen LogP contribution in [-0.4, -0.2) is 31.7 Å². The molecular formula is C11H17BN2O5S. The number of nitrogens with two attached hydrogens (primary N) is 1. The van der Waals surface area contributed by atoms with Gasteiger partial charge in [-0.3, -0.25) is 4.79 Å². The molecule has 1 aromatic rings. The summed E-state index contributed by atoms with van der Waals surface area (Å²) in [7, 11) is -5.13. The van der Waals surface area contributed by atoms with Gasteiger partial charge in [-0.05, 0) is 33.8 Å². The number of sulfonamides is 1. The van der Waals surface area contributed by atoms with E-state index in [2.05, 4.69) is 4.98 Å². The van der Waals surface area contributed by atoms with E-state index in [1.807, 2.05) is 0 Å². The summed E-state index contributed by atoms with van der Waals surface area (Å²) in [5.74, 6) is 0. The second-order valence-electron chi connectivity index (χ2n) is 5.72. The van der Waals surface area contributed by atoms with E-state index >= 15 is 0 Å². The second-order valence-corrected chi connectivity index (χ2v) is 7.25. The van der Waals surface area contributed by atoms with Gasteiger partial charge in [-0.1, -0.05) is 0 Å². The third-order valence-electron chi connectivity index (χ3n) is 3.75. The summed E-state index contributed by atoms with van der Waals surface area (Å²) in [6.07, 6.45) is 1.22. The SMILES string of the molecule is CC1(C)OB(c2c(S(N)(=O)=O)cc[nH]c2=O)OC1(C)C. The Morgan fingerprint density at radius 3 is 2.15 bits per heavy atom. The molecule has 0 bridgehead atoms. The molecular weight excluding hydrogens is 283 g/mol. The molecule has 1 fully saturated rings. The van der Waals surface area contributed by atoms with E-state index in [-0.39, 0.29) is 10.4 Å². The largest absolute Gasteiger partial charge is 0.501 e. The van der Waals surface area contributed by atoms with E-state index in [0.29, 0.717) is 0 Å². The average molecular weight is 300 g/mol. The first-order chi connectivity index (χ1) is 8.96. The van der Waals surface area contributed by atoms with Gasteiger partial charge in [-0.25, -0.2) is 13.6 Å². The molecule has 0 spiro atoms. The molecule has 3 N–H and O–H groups in total. The Labute approximate surface area is 117 Å². The van der Waals surface area contributed by atoms with E-state index in [1.165, 1.54) is 12.3 Å². The van der Waals surface area contributed by atoms with E-state index in [0.717, 1.165) is 0 Å². The zero-order valence-electron chi connectivity index (χ0n) is 11.8. The lowest BCUT2D eigenvalue weighted by Gasteiger charge is -2.32. The number of primary sulfonamides is 1. The Morgan fingerprint density at radius 1 is 1.20 bits per heavy atom. The molecule has 0 radical (unpaired) electrons. The first-order valence-corrected chi connectivity index (χ1v) is 7.60. The lowest BCUT2D eigenvalue weighted by atomic mass is 9.80. The van der Waals surface area contributed by atoms with E-state index in [4.69, 9.17) is 14.4 Å². The maximum atomic E-state index is 12.0. The van der Waals surface area contributed by atoms with Crippen LogP contribution in [0.1, 0.15) is 27.7 Å². The zero-order valence-corrected chi connectivity index (χ0v) is 12.6. The minimum Gasteiger partial charge on any atom is -0.399 e. The second kappa shape index (κ2) is 4.42. The van der Waals surface area contributed by atoms with Crippen molar-refractivity contribution < 1.29 is 17.7 Å². The summed E-state index contributed by atoms with van der Waals surface area (Å²) in [5, 5.41) is 5.14. The Balaban J connectivity index is 2.59. The van der Waals surface area contributed by atoms with Crippen molar-refractivity contribution in [1.82, 2.24) is 4.98 Å². The standard InChI is InChI=1S/C11H17BN2O5S/c1-10(2)11(3,4)19-12(18-10)8-7(20(13,16)17)5-6-14-9(8)15/h5-6H,1-4H3,(H,14,15)(H2,13,16,17). The number of pyridine rings is 1. The molecule has 0 amide bonds. The van der Waals surface area contributed by atoms with Gasteiger partial charge in [0, 0.05) is 6.20 Å². The Hall–Kier alpha value is -1.16.